The van der Waals surface area contributed by atoms with Crippen molar-refractivity contribution >= 4 is 28.3 Å². The van der Waals surface area contributed by atoms with Crippen LogP contribution in [0.4, 0.5) is 0 Å². The Morgan fingerprint density at radius 2 is 2.29 bits per heavy atom. The maximum absolute atomic E-state index is 12.5. The van der Waals surface area contributed by atoms with Crippen LogP contribution in [0.5, 0.6) is 0 Å². The number of carbonyl (C=O) groups excluding carboxylic acids is 1. The zero-order valence-electron chi connectivity index (χ0n) is 11.1. The van der Waals surface area contributed by atoms with Gasteiger partial charge in [-0.2, -0.15) is 5.26 Å². The van der Waals surface area contributed by atoms with Crippen LogP contribution in [0.3, 0.4) is 0 Å². The Morgan fingerprint density at radius 3 is 3.10 bits per heavy atom. The SMILES string of the molecule is N#CC1CN(C(=O)c2cc3ccccc3c(Cl)n2)CCO1. The van der Waals surface area contributed by atoms with E-state index >= 15 is 0 Å². The van der Waals surface area contributed by atoms with Gasteiger partial charge in [0, 0.05) is 11.9 Å². The van der Waals surface area contributed by atoms with Crippen molar-refractivity contribution in [3.8, 4) is 6.07 Å². The second kappa shape index (κ2) is 5.68. The molecule has 1 fully saturated rings. The van der Waals surface area contributed by atoms with Crippen molar-refractivity contribution < 1.29 is 9.53 Å². The molecule has 1 amide bonds. The number of pyridine rings is 1. The van der Waals surface area contributed by atoms with E-state index in [1.54, 1.807) is 11.0 Å². The van der Waals surface area contributed by atoms with Gasteiger partial charge in [-0.25, -0.2) is 4.98 Å². The number of carbonyl (C=O) groups is 1. The van der Waals surface area contributed by atoms with Crippen LogP contribution >= 0.6 is 11.6 Å². The number of aromatic nitrogens is 1. The third kappa shape index (κ3) is 2.68. The van der Waals surface area contributed by atoms with Crippen LogP contribution in [0.25, 0.3) is 10.8 Å². The number of benzene rings is 1. The first kappa shape index (κ1) is 13.8. The highest BCUT2D eigenvalue weighted by Gasteiger charge is 2.26. The lowest BCUT2D eigenvalue weighted by Crippen LogP contribution is -2.45. The van der Waals surface area contributed by atoms with E-state index in [1.165, 1.54) is 0 Å². The van der Waals surface area contributed by atoms with Crippen molar-refractivity contribution in [1.82, 2.24) is 9.88 Å². The van der Waals surface area contributed by atoms with Crippen LogP contribution in [0.1, 0.15) is 10.5 Å². The van der Waals surface area contributed by atoms with Crippen LogP contribution in [-0.2, 0) is 4.74 Å². The van der Waals surface area contributed by atoms with Gasteiger partial charge < -0.3 is 9.64 Å². The summed E-state index contributed by atoms with van der Waals surface area (Å²) in [6.07, 6.45) is -0.585. The maximum Gasteiger partial charge on any atom is 0.272 e. The maximum atomic E-state index is 12.5. The number of morpholine rings is 1. The molecule has 1 aromatic heterocycles. The average molecular weight is 302 g/mol. The lowest BCUT2D eigenvalue weighted by Gasteiger charge is -2.29. The van der Waals surface area contributed by atoms with Crippen molar-refractivity contribution in [3.63, 3.8) is 0 Å². The first-order chi connectivity index (χ1) is 10.2. The van der Waals surface area contributed by atoms with Crippen molar-refractivity contribution in [2.45, 2.75) is 6.10 Å². The third-order valence-electron chi connectivity index (χ3n) is 3.41. The van der Waals surface area contributed by atoms with E-state index < -0.39 is 6.10 Å². The summed E-state index contributed by atoms with van der Waals surface area (Å²) in [5.74, 6) is -0.230. The number of fused-ring (bicyclic) bond motifs is 1. The highest BCUT2D eigenvalue weighted by molar-refractivity contribution is 6.34. The summed E-state index contributed by atoms with van der Waals surface area (Å²) >= 11 is 6.14. The highest BCUT2D eigenvalue weighted by Crippen LogP contribution is 2.23. The fourth-order valence-electron chi connectivity index (χ4n) is 2.34. The van der Waals surface area contributed by atoms with Gasteiger partial charge in [0.05, 0.1) is 19.2 Å². The fraction of sp³-hybridized carbons (Fsp3) is 0.267. The molecule has 0 aliphatic carbocycles. The van der Waals surface area contributed by atoms with E-state index in [0.717, 1.165) is 10.8 Å². The summed E-state index contributed by atoms with van der Waals surface area (Å²) in [7, 11) is 0. The molecule has 0 radical (unpaired) electrons. The summed E-state index contributed by atoms with van der Waals surface area (Å²) < 4.78 is 5.24. The van der Waals surface area contributed by atoms with Gasteiger partial charge in [0.15, 0.2) is 6.10 Å². The number of rotatable bonds is 1. The molecule has 5 nitrogen and oxygen atoms in total. The van der Waals surface area contributed by atoms with Gasteiger partial charge in [-0.1, -0.05) is 35.9 Å². The molecule has 1 aliphatic heterocycles. The minimum absolute atomic E-state index is 0.230. The Hall–Kier alpha value is -2.16. The van der Waals surface area contributed by atoms with Gasteiger partial charge in [0.25, 0.3) is 5.91 Å². The van der Waals surface area contributed by atoms with Gasteiger partial charge in [-0.05, 0) is 11.5 Å². The number of hydrogen-bond donors (Lipinski definition) is 0. The molecule has 1 aliphatic rings. The lowest BCUT2D eigenvalue weighted by molar-refractivity contribution is 0.00321. The zero-order chi connectivity index (χ0) is 14.8. The molecule has 1 saturated heterocycles. The molecule has 6 heteroatoms. The molecule has 0 spiro atoms. The van der Waals surface area contributed by atoms with Crippen LogP contribution < -0.4 is 0 Å². The zero-order valence-corrected chi connectivity index (χ0v) is 11.9. The second-order valence-electron chi connectivity index (χ2n) is 4.76. The van der Waals surface area contributed by atoms with E-state index in [4.69, 9.17) is 21.6 Å². The third-order valence-corrected chi connectivity index (χ3v) is 3.70. The van der Waals surface area contributed by atoms with Crippen LogP contribution in [0.15, 0.2) is 30.3 Å². The summed E-state index contributed by atoms with van der Waals surface area (Å²) in [6, 6.07) is 11.2. The molecule has 0 saturated carbocycles. The highest BCUT2D eigenvalue weighted by atomic mass is 35.5. The predicted molar refractivity (Wildman–Crippen MR) is 78.0 cm³/mol. The topological polar surface area (TPSA) is 66.2 Å². The number of amides is 1. The number of hydrogen-bond acceptors (Lipinski definition) is 4. The quantitative estimate of drug-likeness (QED) is 0.758. The predicted octanol–water partition coefficient (Wildman–Crippen LogP) is 2.25. The monoisotopic (exact) mass is 301 g/mol. The number of halogens is 1. The molecule has 3 rings (SSSR count). The largest absolute Gasteiger partial charge is 0.360 e. The molecule has 0 N–H and O–H groups in total. The van der Waals surface area contributed by atoms with Crippen molar-refractivity contribution in [1.29, 1.82) is 5.26 Å². The summed E-state index contributed by atoms with van der Waals surface area (Å²) in [5, 5.41) is 10.9. The first-order valence-corrected chi connectivity index (χ1v) is 6.92. The van der Waals surface area contributed by atoms with Crippen molar-refractivity contribution in [2.24, 2.45) is 0 Å². The Bertz CT molecular complexity index is 741. The van der Waals surface area contributed by atoms with Gasteiger partial charge in [-0.15, -0.1) is 0 Å². The molecule has 2 heterocycles. The number of nitriles is 1. The minimum Gasteiger partial charge on any atom is -0.360 e. The van der Waals surface area contributed by atoms with Crippen molar-refractivity contribution in [3.05, 3.63) is 41.2 Å². The van der Waals surface area contributed by atoms with Gasteiger partial charge in [-0.3, -0.25) is 4.79 Å². The molecule has 1 unspecified atom stereocenters. The Labute approximate surface area is 126 Å². The number of nitrogens with zero attached hydrogens (tertiary/aromatic N) is 3. The molecular formula is C15H12ClN3O2. The standard InChI is InChI=1S/C15H12ClN3O2/c16-14-12-4-2-1-3-10(12)7-13(18-14)15(20)19-5-6-21-11(8-17)9-19/h1-4,7,11H,5-6,9H2. The summed E-state index contributed by atoms with van der Waals surface area (Å²) in [6.45, 7) is 1.05. The lowest BCUT2D eigenvalue weighted by atomic mass is 10.1. The van der Waals surface area contributed by atoms with Gasteiger partial charge in [0.2, 0.25) is 0 Å². The average Bonchev–Trinajstić information content (AvgIpc) is 2.54. The van der Waals surface area contributed by atoms with Crippen molar-refractivity contribution in [2.75, 3.05) is 19.7 Å². The summed E-state index contributed by atoms with van der Waals surface area (Å²) in [4.78, 5) is 18.2. The molecule has 21 heavy (non-hydrogen) atoms. The Morgan fingerprint density at radius 1 is 1.48 bits per heavy atom. The molecule has 2 aromatic rings. The van der Waals surface area contributed by atoms with Crippen LogP contribution in [-0.4, -0.2) is 41.6 Å². The molecule has 1 atom stereocenters. The van der Waals surface area contributed by atoms with Crippen LogP contribution in [0, 0.1) is 11.3 Å². The Kier molecular flexibility index (Phi) is 3.74. The van der Waals surface area contributed by atoms with E-state index in [1.807, 2.05) is 30.3 Å². The smallest absolute Gasteiger partial charge is 0.272 e. The fourth-order valence-corrected chi connectivity index (χ4v) is 2.60. The molecule has 0 bridgehead atoms. The van der Waals surface area contributed by atoms with E-state index in [0.29, 0.717) is 18.3 Å². The van der Waals surface area contributed by atoms with Gasteiger partial charge >= 0.3 is 0 Å². The van der Waals surface area contributed by atoms with Crippen LogP contribution in [0.2, 0.25) is 5.15 Å². The number of ether oxygens (including phenoxy) is 1. The van der Waals surface area contributed by atoms with E-state index in [2.05, 4.69) is 4.98 Å². The molecule has 1 aromatic carbocycles. The minimum atomic E-state index is -0.585. The first-order valence-electron chi connectivity index (χ1n) is 6.55. The Balaban J connectivity index is 1.93. The van der Waals surface area contributed by atoms with E-state index in [9.17, 15) is 4.79 Å². The second-order valence-corrected chi connectivity index (χ2v) is 5.12. The molecular weight excluding hydrogens is 290 g/mol. The van der Waals surface area contributed by atoms with Gasteiger partial charge in [0.1, 0.15) is 10.8 Å². The summed E-state index contributed by atoms with van der Waals surface area (Å²) in [5.41, 5.74) is 0.289. The van der Waals surface area contributed by atoms with E-state index in [-0.39, 0.29) is 18.1 Å². The normalized spacial score (nSPS) is 18.5. The molecule has 106 valence electrons.